The number of rotatable bonds is 9. The van der Waals surface area contributed by atoms with Gasteiger partial charge in [0.2, 0.25) is 5.88 Å². The number of benzene rings is 1. The van der Waals surface area contributed by atoms with Crippen LogP contribution in [0.25, 0.3) is 0 Å². The van der Waals surface area contributed by atoms with Gasteiger partial charge in [0.25, 0.3) is 5.91 Å². The van der Waals surface area contributed by atoms with Crippen LogP contribution in [0.5, 0.6) is 5.88 Å². The first-order valence-corrected chi connectivity index (χ1v) is 10.7. The van der Waals surface area contributed by atoms with E-state index in [0.29, 0.717) is 31.2 Å². The number of pyridine rings is 1. The minimum atomic E-state index is -0.198. The van der Waals surface area contributed by atoms with E-state index in [2.05, 4.69) is 53.3 Å². The first-order chi connectivity index (χ1) is 14.5. The summed E-state index contributed by atoms with van der Waals surface area (Å²) in [5.41, 5.74) is 2.81. The molecule has 1 saturated heterocycles. The molecule has 1 aliphatic rings. The van der Waals surface area contributed by atoms with Crippen molar-refractivity contribution in [1.29, 1.82) is 0 Å². The van der Waals surface area contributed by atoms with E-state index < -0.39 is 0 Å². The van der Waals surface area contributed by atoms with Gasteiger partial charge in [-0.1, -0.05) is 38.1 Å². The Morgan fingerprint density at radius 3 is 2.50 bits per heavy atom. The summed E-state index contributed by atoms with van der Waals surface area (Å²) in [6.07, 6.45) is 2.94. The smallest absolute Gasteiger partial charge is 0.257 e. The van der Waals surface area contributed by atoms with Crippen LogP contribution in [-0.2, 0) is 17.8 Å². The number of aromatic nitrogens is 1. The molecule has 162 valence electrons. The van der Waals surface area contributed by atoms with Gasteiger partial charge < -0.3 is 14.8 Å². The van der Waals surface area contributed by atoms with Gasteiger partial charge in [-0.3, -0.25) is 9.69 Å². The molecule has 2 aromatic rings. The first kappa shape index (κ1) is 22.2. The number of nitrogens with zero attached hydrogens (tertiary/aromatic N) is 2. The zero-order valence-electron chi connectivity index (χ0n) is 18.3. The van der Waals surface area contributed by atoms with E-state index in [9.17, 15) is 4.79 Å². The maximum absolute atomic E-state index is 12.6. The van der Waals surface area contributed by atoms with Crippen LogP contribution < -0.4 is 10.1 Å². The van der Waals surface area contributed by atoms with Crippen molar-refractivity contribution in [3.05, 3.63) is 59.3 Å². The maximum atomic E-state index is 12.6. The molecule has 2 unspecified atom stereocenters. The summed E-state index contributed by atoms with van der Waals surface area (Å²) in [5, 5.41) is 2.96. The van der Waals surface area contributed by atoms with E-state index in [0.717, 1.165) is 23.9 Å². The Bertz CT molecular complexity index is 800. The average Bonchev–Trinajstić information content (AvgIpc) is 2.73. The van der Waals surface area contributed by atoms with Crippen molar-refractivity contribution in [3.63, 3.8) is 0 Å². The Labute approximate surface area is 179 Å². The molecule has 1 aliphatic heterocycles. The van der Waals surface area contributed by atoms with E-state index >= 15 is 0 Å². The van der Waals surface area contributed by atoms with Crippen LogP contribution in [-0.4, -0.2) is 49.2 Å². The highest BCUT2D eigenvalue weighted by atomic mass is 16.5. The van der Waals surface area contributed by atoms with Crippen LogP contribution in [0, 0.1) is 11.8 Å². The summed E-state index contributed by atoms with van der Waals surface area (Å²) in [4.78, 5) is 19.3. The predicted molar refractivity (Wildman–Crippen MR) is 117 cm³/mol. The molecular weight excluding hydrogens is 378 g/mol. The van der Waals surface area contributed by atoms with Crippen molar-refractivity contribution < 1.29 is 14.3 Å². The third-order valence-electron chi connectivity index (χ3n) is 5.37. The summed E-state index contributed by atoms with van der Waals surface area (Å²) in [6, 6.07) is 11.9. The highest BCUT2D eigenvalue weighted by molar-refractivity contribution is 5.96. The van der Waals surface area contributed by atoms with Crippen molar-refractivity contribution in [3.8, 4) is 5.88 Å². The van der Waals surface area contributed by atoms with Gasteiger partial charge in [0.05, 0.1) is 6.61 Å². The topological polar surface area (TPSA) is 63.7 Å². The van der Waals surface area contributed by atoms with Crippen molar-refractivity contribution in [2.75, 3.05) is 33.4 Å². The number of methoxy groups -OCH3 is 1. The van der Waals surface area contributed by atoms with Gasteiger partial charge in [-0.2, -0.15) is 0 Å². The van der Waals surface area contributed by atoms with Crippen LogP contribution >= 0.6 is 0 Å². The molecule has 0 spiro atoms. The van der Waals surface area contributed by atoms with Crippen molar-refractivity contribution in [2.45, 2.75) is 33.4 Å². The second-order valence-corrected chi connectivity index (χ2v) is 8.34. The van der Waals surface area contributed by atoms with E-state index in [-0.39, 0.29) is 5.91 Å². The zero-order chi connectivity index (χ0) is 21.3. The molecule has 1 amide bonds. The summed E-state index contributed by atoms with van der Waals surface area (Å²) in [7, 11) is 1.61. The van der Waals surface area contributed by atoms with Gasteiger partial charge in [0, 0.05) is 39.5 Å². The minimum Gasteiger partial charge on any atom is -0.475 e. The number of piperidine rings is 1. The van der Waals surface area contributed by atoms with E-state index in [1.807, 2.05) is 0 Å². The number of ether oxygens (including phenoxy) is 2. The number of carbonyl (C=O) groups excluding carboxylic acids is 1. The Morgan fingerprint density at radius 1 is 1.10 bits per heavy atom. The molecule has 2 atom stereocenters. The molecule has 0 saturated carbocycles. The Kier molecular flexibility index (Phi) is 8.22. The standard InChI is InChI=1S/C24H33N3O3/c1-18-13-19(2)16-27(15-18)17-21-8-6-20(7-9-21)14-26-23(28)22-5-4-10-25-24(22)30-12-11-29-3/h4-10,18-19H,11-17H2,1-3H3,(H,26,28). The number of amides is 1. The predicted octanol–water partition coefficient (Wildman–Crippen LogP) is 3.51. The molecule has 0 bridgehead atoms. The molecular formula is C24H33N3O3. The highest BCUT2D eigenvalue weighted by Gasteiger charge is 2.21. The fourth-order valence-electron chi connectivity index (χ4n) is 4.12. The monoisotopic (exact) mass is 411 g/mol. The fraction of sp³-hybridized carbons (Fsp3) is 0.500. The maximum Gasteiger partial charge on any atom is 0.257 e. The van der Waals surface area contributed by atoms with Gasteiger partial charge in [0.1, 0.15) is 12.2 Å². The molecule has 1 aromatic carbocycles. The van der Waals surface area contributed by atoms with Crippen molar-refractivity contribution in [1.82, 2.24) is 15.2 Å². The van der Waals surface area contributed by atoms with E-state index in [1.54, 1.807) is 25.4 Å². The van der Waals surface area contributed by atoms with Crippen LogP contribution in [0.15, 0.2) is 42.6 Å². The van der Waals surface area contributed by atoms with Crippen LogP contribution in [0.3, 0.4) is 0 Å². The summed E-state index contributed by atoms with van der Waals surface area (Å²) >= 11 is 0. The lowest BCUT2D eigenvalue weighted by Gasteiger charge is -2.35. The van der Waals surface area contributed by atoms with Crippen LogP contribution in [0.1, 0.15) is 41.8 Å². The summed E-state index contributed by atoms with van der Waals surface area (Å²) in [6.45, 7) is 9.26. The molecule has 0 aliphatic carbocycles. The van der Waals surface area contributed by atoms with Gasteiger partial charge in [-0.15, -0.1) is 0 Å². The Hall–Kier alpha value is -2.44. The highest BCUT2D eigenvalue weighted by Crippen LogP contribution is 2.22. The normalized spacial score (nSPS) is 19.4. The lowest BCUT2D eigenvalue weighted by Crippen LogP contribution is -2.38. The van der Waals surface area contributed by atoms with Gasteiger partial charge in [-0.05, 0) is 41.5 Å². The third kappa shape index (κ3) is 6.54. The lowest BCUT2D eigenvalue weighted by atomic mass is 9.91. The number of hydrogen-bond donors (Lipinski definition) is 1. The molecule has 1 fully saturated rings. The second kappa shape index (κ2) is 11.1. The fourth-order valence-corrected chi connectivity index (χ4v) is 4.12. The lowest BCUT2D eigenvalue weighted by molar-refractivity contribution is 0.0941. The number of hydrogen-bond acceptors (Lipinski definition) is 5. The minimum absolute atomic E-state index is 0.198. The second-order valence-electron chi connectivity index (χ2n) is 8.34. The van der Waals surface area contributed by atoms with E-state index in [4.69, 9.17) is 9.47 Å². The zero-order valence-corrected chi connectivity index (χ0v) is 18.3. The summed E-state index contributed by atoms with van der Waals surface area (Å²) in [5.74, 6) is 1.65. The summed E-state index contributed by atoms with van der Waals surface area (Å²) < 4.78 is 10.5. The van der Waals surface area contributed by atoms with Crippen LogP contribution in [0.2, 0.25) is 0 Å². The number of carbonyl (C=O) groups is 1. The molecule has 0 radical (unpaired) electrons. The molecule has 6 heteroatoms. The quantitative estimate of drug-likeness (QED) is 0.640. The molecule has 2 heterocycles. The average molecular weight is 412 g/mol. The van der Waals surface area contributed by atoms with Gasteiger partial charge in [-0.25, -0.2) is 4.98 Å². The van der Waals surface area contributed by atoms with E-state index in [1.165, 1.54) is 25.1 Å². The van der Waals surface area contributed by atoms with Crippen molar-refractivity contribution >= 4 is 5.91 Å². The number of likely N-dealkylation sites (tertiary alicyclic amines) is 1. The first-order valence-electron chi connectivity index (χ1n) is 10.7. The van der Waals surface area contributed by atoms with Gasteiger partial charge in [0.15, 0.2) is 0 Å². The van der Waals surface area contributed by atoms with Crippen molar-refractivity contribution in [2.24, 2.45) is 11.8 Å². The Balaban J connectivity index is 1.52. The largest absolute Gasteiger partial charge is 0.475 e. The molecule has 1 N–H and O–H groups in total. The number of nitrogens with one attached hydrogen (secondary N) is 1. The Morgan fingerprint density at radius 2 is 1.80 bits per heavy atom. The SMILES string of the molecule is COCCOc1ncccc1C(=O)NCc1ccc(CN2CC(C)CC(C)C2)cc1. The molecule has 6 nitrogen and oxygen atoms in total. The molecule has 3 rings (SSSR count). The third-order valence-corrected chi connectivity index (χ3v) is 5.37. The van der Waals surface area contributed by atoms with Gasteiger partial charge >= 0.3 is 0 Å². The molecule has 30 heavy (non-hydrogen) atoms. The van der Waals surface area contributed by atoms with Crippen LogP contribution in [0.4, 0.5) is 0 Å². The molecule has 1 aromatic heterocycles.